The molecule has 3 amide bonds. The number of amides is 3. The van der Waals surface area contributed by atoms with Crippen molar-refractivity contribution in [2.24, 2.45) is 0 Å². The van der Waals surface area contributed by atoms with Gasteiger partial charge in [0.05, 0.1) is 12.3 Å². The van der Waals surface area contributed by atoms with E-state index in [-0.39, 0.29) is 29.4 Å². The van der Waals surface area contributed by atoms with Crippen molar-refractivity contribution < 1.29 is 14.4 Å². The quantitative estimate of drug-likeness (QED) is 0.648. The van der Waals surface area contributed by atoms with Crippen LogP contribution in [-0.4, -0.2) is 45.7 Å². The monoisotopic (exact) mass is 451 g/mol. The summed E-state index contributed by atoms with van der Waals surface area (Å²) < 4.78 is 0. The lowest BCUT2D eigenvalue weighted by Gasteiger charge is -2.31. The summed E-state index contributed by atoms with van der Waals surface area (Å²) in [6.45, 7) is 0.979. The van der Waals surface area contributed by atoms with Gasteiger partial charge in [-0.3, -0.25) is 24.2 Å². The Kier molecular flexibility index (Phi) is 7.27. The highest BCUT2D eigenvalue weighted by Crippen LogP contribution is 2.26. The number of imide groups is 1. The van der Waals surface area contributed by atoms with Crippen LogP contribution in [0.1, 0.15) is 53.6 Å². The molecule has 168 valence electrons. The minimum absolute atomic E-state index is 0.186. The van der Waals surface area contributed by atoms with Gasteiger partial charge in [-0.2, -0.15) is 0 Å². The van der Waals surface area contributed by atoms with E-state index < -0.39 is 0 Å². The number of carbonyl (C=O) groups is 3. The maximum Gasteiger partial charge on any atom is 0.289 e. The van der Waals surface area contributed by atoms with E-state index in [1.807, 2.05) is 24.3 Å². The summed E-state index contributed by atoms with van der Waals surface area (Å²) in [5.41, 5.74) is 3.17. The predicted molar refractivity (Wildman–Crippen MR) is 128 cm³/mol. The largest absolute Gasteiger partial charge is 0.322 e. The van der Waals surface area contributed by atoms with Crippen molar-refractivity contribution >= 4 is 34.5 Å². The van der Waals surface area contributed by atoms with Crippen molar-refractivity contribution in [1.82, 2.24) is 9.80 Å². The van der Waals surface area contributed by atoms with Crippen LogP contribution in [0.5, 0.6) is 0 Å². The van der Waals surface area contributed by atoms with Gasteiger partial charge in [-0.15, -0.1) is 0 Å². The van der Waals surface area contributed by atoms with Crippen LogP contribution in [0.2, 0.25) is 0 Å². The highest BCUT2D eigenvalue weighted by atomic mass is 32.2. The maximum absolute atomic E-state index is 13.0. The van der Waals surface area contributed by atoms with E-state index in [9.17, 15) is 14.4 Å². The lowest BCUT2D eigenvalue weighted by atomic mass is 9.94. The first-order chi connectivity index (χ1) is 15.5. The maximum atomic E-state index is 13.0. The van der Waals surface area contributed by atoms with Gasteiger partial charge in [-0.1, -0.05) is 61.4 Å². The van der Waals surface area contributed by atoms with Crippen LogP contribution in [0.3, 0.4) is 0 Å². The van der Waals surface area contributed by atoms with Crippen molar-refractivity contribution in [2.75, 3.05) is 18.1 Å². The molecule has 0 radical (unpaired) electrons. The Morgan fingerprint density at radius 3 is 2.62 bits per heavy atom. The molecule has 2 aromatic rings. The normalized spacial score (nSPS) is 17.2. The fraction of sp³-hybridized carbons (Fsp3) is 0.400. The molecule has 2 aliphatic rings. The van der Waals surface area contributed by atoms with Crippen molar-refractivity contribution in [3.8, 4) is 0 Å². The average Bonchev–Trinajstić information content (AvgIpc) is 3.13. The Bertz CT molecular complexity index is 987. The van der Waals surface area contributed by atoms with E-state index in [2.05, 4.69) is 23.3 Å². The van der Waals surface area contributed by atoms with Gasteiger partial charge < -0.3 is 5.32 Å². The molecule has 2 aromatic carbocycles. The Labute approximate surface area is 193 Å². The van der Waals surface area contributed by atoms with E-state index in [1.54, 1.807) is 18.2 Å². The molecular formula is C25H29N3O3S. The molecule has 0 spiro atoms. The van der Waals surface area contributed by atoms with E-state index in [0.29, 0.717) is 11.6 Å². The van der Waals surface area contributed by atoms with Crippen molar-refractivity contribution in [3.05, 3.63) is 65.2 Å². The topological polar surface area (TPSA) is 69.7 Å². The predicted octanol–water partition coefficient (Wildman–Crippen LogP) is 4.90. The molecule has 6 nitrogen and oxygen atoms in total. The molecular weight excluding hydrogens is 422 g/mol. The first-order valence-corrected chi connectivity index (χ1v) is 12.2. The highest BCUT2D eigenvalue weighted by Gasteiger charge is 2.29. The second-order valence-corrected chi connectivity index (χ2v) is 9.48. The molecule has 1 heterocycles. The van der Waals surface area contributed by atoms with E-state index in [0.717, 1.165) is 35.1 Å². The van der Waals surface area contributed by atoms with Gasteiger partial charge in [0, 0.05) is 23.8 Å². The van der Waals surface area contributed by atoms with Crippen LogP contribution < -0.4 is 5.32 Å². The first kappa shape index (κ1) is 22.6. The van der Waals surface area contributed by atoms with Gasteiger partial charge in [0.1, 0.15) is 0 Å². The molecule has 1 N–H and O–H groups in total. The van der Waals surface area contributed by atoms with Gasteiger partial charge in [0.25, 0.3) is 11.1 Å². The number of benzene rings is 2. The standard InChI is InChI=1S/C25H29N3O3S/c1-27(21-11-3-2-4-12-21)16-20-9-5-6-13-22(20)26-24(30)19-10-7-8-18(14-19)15-28-23(29)17-32-25(28)31/h5-10,13-14,21H,2-4,11-12,15-17H2,1H3,(H,26,30). The van der Waals surface area contributed by atoms with E-state index >= 15 is 0 Å². The summed E-state index contributed by atoms with van der Waals surface area (Å²) in [4.78, 5) is 40.4. The van der Waals surface area contributed by atoms with Crippen molar-refractivity contribution in [1.29, 1.82) is 0 Å². The second kappa shape index (κ2) is 10.3. The first-order valence-electron chi connectivity index (χ1n) is 11.2. The fourth-order valence-corrected chi connectivity index (χ4v) is 5.15. The second-order valence-electron chi connectivity index (χ2n) is 8.55. The van der Waals surface area contributed by atoms with Crippen LogP contribution in [0.4, 0.5) is 10.5 Å². The fourth-order valence-electron chi connectivity index (χ4n) is 4.42. The third-order valence-electron chi connectivity index (χ3n) is 6.25. The third-order valence-corrected chi connectivity index (χ3v) is 7.11. The molecule has 1 aliphatic heterocycles. The zero-order valence-electron chi connectivity index (χ0n) is 18.4. The number of carbonyl (C=O) groups excluding carboxylic acids is 3. The number of para-hydroxylation sites is 1. The Hall–Kier alpha value is -2.64. The van der Waals surface area contributed by atoms with Gasteiger partial charge in [-0.25, -0.2) is 0 Å². The van der Waals surface area contributed by atoms with Crippen LogP contribution in [0.25, 0.3) is 0 Å². The van der Waals surface area contributed by atoms with Crippen LogP contribution in [0, 0.1) is 0 Å². The summed E-state index contributed by atoms with van der Waals surface area (Å²) >= 11 is 1.02. The molecule has 7 heteroatoms. The number of thioether (sulfide) groups is 1. The summed E-state index contributed by atoms with van der Waals surface area (Å²) in [7, 11) is 2.16. The molecule has 0 unspecified atom stereocenters. The zero-order valence-corrected chi connectivity index (χ0v) is 19.2. The number of anilines is 1. The molecule has 1 saturated heterocycles. The molecule has 0 bridgehead atoms. The van der Waals surface area contributed by atoms with E-state index in [4.69, 9.17) is 0 Å². The summed E-state index contributed by atoms with van der Waals surface area (Å²) in [5.74, 6) is -0.204. The average molecular weight is 452 g/mol. The van der Waals surface area contributed by atoms with Gasteiger partial charge in [0.15, 0.2) is 0 Å². The molecule has 1 saturated carbocycles. The number of nitrogens with one attached hydrogen (secondary N) is 1. The Morgan fingerprint density at radius 2 is 1.88 bits per heavy atom. The third kappa shape index (κ3) is 5.40. The minimum atomic E-state index is -0.235. The summed E-state index contributed by atoms with van der Waals surface area (Å²) in [5, 5.41) is 2.82. The Morgan fingerprint density at radius 1 is 1.09 bits per heavy atom. The number of rotatable bonds is 7. The van der Waals surface area contributed by atoms with Gasteiger partial charge >= 0.3 is 0 Å². The van der Waals surface area contributed by atoms with Gasteiger partial charge in [0.2, 0.25) is 5.91 Å². The number of hydrogen-bond donors (Lipinski definition) is 1. The number of nitrogens with zero attached hydrogens (tertiary/aromatic N) is 2. The molecule has 2 fully saturated rings. The van der Waals surface area contributed by atoms with E-state index in [1.165, 1.54) is 37.0 Å². The zero-order chi connectivity index (χ0) is 22.5. The summed E-state index contributed by atoms with van der Waals surface area (Å²) in [6, 6.07) is 15.6. The molecule has 0 aromatic heterocycles. The lowest BCUT2D eigenvalue weighted by molar-refractivity contribution is -0.125. The Balaban J connectivity index is 1.44. The molecule has 4 rings (SSSR count). The van der Waals surface area contributed by atoms with Crippen LogP contribution in [0.15, 0.2) is 48.5 Å². The molecule has 1 aliphatic carbocycles. The molecule has 32 heavy (non-hydrogen) atoms. The van der Waals surface area contributed by atoms with Gasteiger partial charge in [-0.05, 0) is 49.2 Å². The van der Waals surface area contributed by atoms with Crippen LogP contribution in [-0.2, 0) is 17.9 Å². The lowest BCUT2D eigenvalue weighted by Crippen LogP contribution is -2.33. The summed E-state index contributed by atoms with van der Waals surface area (Å²) in [6.07, 6.45) is 6.37. The van der Waals surface area contributed by atoms with Crippen LogP contribution >= 0.6 is 11.8 Å². The molecule has 0 atom stereocenters. The van der Waals surface area contributed by atoms with Crippen molar-refractivity contribution in [2.45, 2.75) is 51.2 Å². The minimum Gasteiger partial charge on any atom is -0.322 e. The van der Waals surface area contributed by atoms with Crippen molar-refractivity contribution in [3.63, 3.8) is 0 Å². The smallest absolute Gasteiger partial charge is 0.289 e. The number of hydrogen-bond acceptors (Lipinski definition) is 5. The highest BCUT2D eigenvalue weighted by molar-refractivity contribution is 8.14. The SMILES string of the molecule is CN(Cc1ccccc1NC(=O)c1cccc(CN2C(=O)CSC2=O)c1)C1CCCCC1.